The van der Waals surface area contributed by atoms with Crippen LogP contribution in [0.3, 0.4) is 0 Å². The van der Waals surface area contributed by atoms with Gasteiger partial charge in [-0.15, -0.1) is 11.3 Å². The molecule has 0 spiro atoms. The summed E-state index contributed by atoms with van der Waals surface area (Å²) < 4.78 is 15.7. The van der Waals surface area contributed by atoms with Crippen molar-refractivity contribution < 1.29 is 9.18 Å². The summed E-state index contributed by atoms with van der Waals surface area (Å²) in [4.78, 5) is 18.6. The van der Waals surface area contributed by atoms with Gasteiger partial charge in [-0.2, -0.15) is 0 Å². The Balaban J connectivity index is 1.89. The molecule has 0 saturated carbocycles. The van der Waals surface area contributed by atoms with Crippen molar-refractivity contribution in [2.75, 3.05) is 7.05 Å². The van der Waals surface area contributed by atoms with Crippen molar-refractivity contribution in [3.05, 3.63) is 63.3 Å². The summed E-state index contributed by atoms with van der Waals surface area (Å²) >= 11 is 4.74. The third-order valence-corrected chi connectivity index (χ3v) is 5.43. The van der Waals surface area contributed by atoms with Crippen LogP contribution >= 0.6 is 27.3 Å². The monoisotopic (exact) mass is 392 g/mol. The number of carbonyl (C=O) groups is 1. The molecule has 0 unspecified atom stereocenters. The van der Waals surface area contributed by atoms with E-state index in [0.717, 1.165) is 15.2 Å². The summed E-state index contributed by atoms with van der Waals surface area (Å²) in [5.41, 5.74) is 0.971. The van der Waals surface area contributed by atoms with Crippen molar-refractivity contribution in [2.45, 2.75) is 13.0 Å². The Morgan fingerprint density at radius 1 is 1.30 bits per heavy atom. The van der Waals surface area contributed by atoms with Crippen LogP contribution in [-0.2, 0) is 0 Å². The first-order valence-electron chi connectivity index (χ1n) is 7.05. The van der Waals surface area contributed by atoms with Gasteiger partial charge in [-0.3, -0.25) is 4.79 Å². The van der Waals surface area contributed by atoms with Crippen LogP contribution in [0.25, 0.3) is 10.2 Å². The molecule has 1 aromatic heterocycles. The van der Waals surface area contributed by atoms with E-state index < -0.39 is 5.82 Å². The van der Waals surface area contributed by atoms with Crippen molar-refractivity contribution in [3.8, 4) is 0 Å². The Hall–Kier alpha value is -1.79. The first kappa shape index (κ1) is 16.1. The summed E-state index contributed by atoms with van der Waals surface area (Å²) in [6, 6.07) is 12.0. The number of benzene rings is 2. The standard InChI is InChI=1S/C17H14BrFN2OS/c1-10(16-20-14-5-3-4-6-15(14)23-16)21(2)17(22)12-8-7-11(18)9-13(12)19/h3-10H,1-2H3/t10-/m1/s1. The zero-order chi connectivity index (χ0) is 16.6. The number of hydrogen-bond acceptors (Lipinski definition) is 3. The van der Waals surface area contributed by atoms with E-state index in [0.29, 0.717) is 4.47 Å². The number of carbonyl (C=O) groups excluding carboxylic acids is 1. The molecule has 1 atom stereocenters. The summed E-state index contributed by atoms with van der Waals surface area (Å²) in [7, 11) is 1.67. The minimum Gasteiger partial charge on any atom is -0.332 e. The van der Waals surface area contributed by atoms with Crippen LogP contribution in [0.5, 0.6) is 0 Å². The van der Waals surface area contributed by atoms with Crippen molar-refractivity contribution >= 4 is 43.4 Å². The number of halogens is 2. The van der Waals surface area contributed by atoms with Crippen LogP contribution in [0.2, 0.25) is 0 Å². The molecule has 2 aromatic carbocycles. The number of para-hydroxylation sites is 1. The van der Waals surface area contributed by atoms with E-state index in [2.05, 4.69) is 20.9 Å². The summed E-state index contributed by atoms with van der Waals surface area (Å²) in [5.74, 6) is -0.894. The number of rotatable bonds is 3. The summed E-state index contributed by atoms with van der Waals surface area (Å²) in [6.07, 6.45) is 0. The highest BCUT2D eigenvalue weighted by molar-refractivity contribution is 9.10. The molecule has 0 N–H and O–H groups in total. The molecule has 3 rings (SSSR count). The zero-order valence-electron chi connectivity index (χ0n) is 12.6. The van der Waals surface area contributed by atoms with Crippen molar-refractivity contribution in [1.82, 2.24) is 9.88 Å². The van der Waals surface area contributed by atoms with E-state index in [1.54, 1.807) is 24.5 Å². The maximum atomic E-state index is 14.0. The molecule has 23 heavy (non-hydrogen) atoms. The van der Waals surface area contributed by atoms with Crippen molar-refractivity contribution in [1.29, 1.82) is 0 Å². The summed E-state index contributed by atoms with van der Waals surface area (Å²) in [6.45, 7) is 1.90. The Morgan fingerprint density at radius 2 is 2.04 bits per heavy atom. The quantitative estimate of drug-likeness (QED) is 0.625. The van der Waals surface area contributed by atoms with Gasteiger partial charge in [0.25, 0.3) is 5.91 Å². The molecule has 6 heteroatoms. The molecule has 0 saturated heterocycles. The first-order valence-corrected chi connectivity index (χ1v) is 8.66. The lowest BCUT2D eigenvalue weighted by molar-refractivity contribution is 0.0738. The molecule has 118 valence electrons. The predicted molar refractivity (Wildman–Crippen MR) is 94.2 cm³/mol. The fraction of sp³-hybridized carbons (Fsp3) is 0.176. The Morgan fingerprint density at radius 3 is 2.74 bits per heavy atom. The van der Waals surface area contributed by atoms with Crippen LogP contribution in [0, 0.1) is 5.82 Å². The molecule has 0 aliphatic carbocycles. The number of aromatic nitrogens is 1. The minimum absolute atomic E-state index is 0.0589. The average molecular weight is 393 g/mol. The lowest BCUT2D eigenvalue weighted by Crippen LogP contribution is -2.30. The van der Waals surface area contributed by atoms with Gasteiger partial charge in [0, 0.05) is 11.5 Å². The fourth-order valence-corrected chi connectivity index (χ4v) is 3.66. The van der Waals surface area contributed by atoms with Gasteiger partial charge >= 0.3 is 0 Å². The van der Waals surface area contributed by atoms with Gasteiger partial charge in [0.2, 0.25) is 0 Å². The lowest BCUT2D eigenvalue weighted by Gasteiger charge is -2.23. The van der Waals surface area contributed by atoms with E-state index in [4.69, 9.17) is 0 Å². The lowest BCUT2D eigenvalue weighted by atomic mass is 10.1. The van der Waals surface area contributed by atoms with E-state index in [1.165, 1.54) is 17.0 Å². The fourth-order valence-electron chi connectivity index (χ4n) is 2.26. The van der Waals surface area contributed by atoms with Crippen molar-refractivity contribution in [3.63, 3.8) is 0 Å². The molecule has 0 bridgehead atoms. The highest BCUT2D eigenvalue weighted by Gasteiger charge is 2.23. The highest BCUT2D eigenvalue weighted by Crippen LogP contribution is 2.30. The maximum Gasteiger partial charge on any atom is 0.257 e. The SMILES string of the molecule is C[C@H](c1nc2ccccc2s1)N(C)C(=O)c1ccc(Br)cc1F. The third kappa shape index (κ3) is 3.14. The highest BCUT2D eigenvalue weighted by atomic mass is 79.9. The molecule has 3 nitrogen and oxygen atoms in total. The summed E-state index contributed by atoms with van der Waals surface area (Å²) in [5, 5.41) is 0.833. The van der Waals surface area contributed by atoms with Gasteiger partial charge in [0.1, 0.15) is 10.8 Å². The largest absolute Gasteiger partial charge is 0.332 e. The Bertz CT molecular complexity index is 847. The third-order valence-electron chi connectivity index (χ3n) is 3.73. The van der Waals surface area contributed by atoms with Gasteiger partial charge in [0.15, 0.2) is 0 Å². The second-order valence-corrected chi connectivity index (χ2v) is 7.21. The normalized spacial score (nSPS) is 12.3. The van der Waals surface area contributed by atoms with Gasteiger partial charge in [-0.1, -0.05) is 28.1 Å². The van der Waals surface area contributed by atoms with E-state index in [1.807, 2.05) is 31.2 Å². The molecule has 0 radical (unpaired) electrons. The molecule has 1 heterocycles. The molecule has 0 fully saturated rings. The van der Waals surface area contributed by atoms with Gasteiger partial charge in [-0.05, 0) is 37.3 Å². The Kier molecular flexibility index (Phi) is 4.46. The second kappa shape index (κ2) is 6.37. The average Bonchev–Trinajstić information content (AvgIpc) is 2.97. The number of nitrogens with zero attached hydrogens (tertiary/aromatic N) is 2. The van der Waals surface area contributed by atoms with Crippen LogP contribution in [-0.4, -0.2) is 22.8 Å². The smallest absolute Gasteiger partial charge is 0.257 e. The number of fused-ring (bicyclic) bond motifs is 1. The van der Waals surface area contributed by atoms with Gasteiger partial charge in [-0.25, -0.2) is 9.37 Å². The number of thiazole rings is 1. The number of hydrogen-bond donors (Lipinski definition) is 0. The maximum absolute atomic E-state index is 14.0. The molecular formula is C17H14BrFN2OS. The topological polar surface area (TPSA) is 33.2 Å². The second-order valence-electron chi connectivity index (χ2n) is 5.24. The van der Waals surface area contributed by atoms with E-state index in [9.17, 15) is 9.18 Å². The molecule has 0 aliphatic heterocycles. The van der Waals surface area contributed by atoms with Gasteiger partial charge < -0.3 is 4.90 Å². The van der Waals surface area contributed by atoms with Crippen molar-refractivity contribution in [2.24, 2.45) is 0 Å². The Labute approximate surface area is 145 Å². The molecular weight excluding hydrogens is 379 g/mol. The first-order chi connectivity index (χ1) is 11.0. The minimum atomic E-state index is -0.535. The predicted octanol–water partition coefficient (Wildman–Crippen LogP) is 5.03. The van der Waals surface area contributed by atoms with Crippen LogP contribution in [0.4, 0.5) is 4.39 Å². The van der Waals surface area contributed by atoms with E-state index in [-0.39, 0.29) is 17.5 Å². The van der Waals surface area contributed by atoms with Gasteiger partial charge in [0.05, 0.1) is 21.8 Å². The van der Waals surface area contributed by atoms with E-state index >= 15 is 0 Å². The number of amides is 1. The van der Waals surface area contributed by atoms with Crippen LogP contribution in [0.15, 0.2) is 46.9 Å². The zero-order valence-corrected chi connectivity index (χ0v) is 15.0. The van der Waals surface area contributed by atoms with Crippen LogP contribution in [0.1, 0.15) is 28.3 Å². The molecule has 3 aromatic rings. The molecule has 0 aliphatic rings. The molecule has 1 amide bonds. The van der Waals surface area contributed by atoms with Crippen LogP contribution < -0.4 is 0 Å².